The number of benzene rings is 1. The number of hydrogen-bond acceptors (Lipinski definition) is 6. The van der Waals surface area contributed by atoms with Crippen LogP contribution in [0.2, 0.25) is 5.02 Å². The second-order valence-corrected chi connectivity index (χ2v) is 8.76. The summed E-state index contributed by atoms with van der Waals surface area (Å²) >= 11 is 8.06. The standard InChI is InChI=1S/C22H21ClN6OS/c23-18-9-25-21(28-22(30)15-2-1-5-24-8-15)7-17(18)14-3-4-19-20(6-14)29(12-26-19)10-16-11-31-13-27-16/h3-4,6-7,9,11-13,15,24H,1-2,5,8,10H2,(H,25,28,30)/t15-/m1/s1. The summed E-state index contributed by atoms with van der Waals surface area (Å²) in [7, 11) is 0. The van der Waals surface area contributed by atoms with Crippen molar-refractivity contribution in [2.75, 3.05) is 18.4 Å². The molecule has 1 aliphatic heterocycles. The monoisotopic (exact) mass is 452 g/mol. The highest BCUT2D eigenvalue weighted by Crippen LogP contribution is 2.31. The zero-order chi connectivity index (χ0) is 21.2. The van der Waals surface area contributed by atoms with Gasteiger partial charge in [0.1, 0.15) is 5.82 Å². The third-order valence-electron chi connectivity index (χ3n) is 5.52. The minimum Gasteiger partial charge on any atom is -0.324 e. The molecule has 4 heterocycles. The summed E-state index contributed by atoms with van der Waals surface area (Å²) in [6, 6.07) is 7.86. The Balaban J connectivity index is 1.43. The summed E-state index contributed by atoms with van der Waals surface area (Å²) in [4.78, 5) is 25.8. The molecule has 0 spiro atoms. The lowest BCUT2D eigenvalue weighted by Crippen LogP contribution is -2.37. The third-order valence-corrected chi connectivity index (χ3v) is 6.46. The molecule has 9 heteroatoms. The van der Waals surface area contributed by atoms with E-state index in [0.717, 1.165) is 47.2 Å². The molecule has 0 unspecified atom stereocenters. The number of piperidine rings is 1. The SMILES string of the molecule is O=C(Nc1cc(-c2ccc3ncn(Cc4cscn4)c3c2)c(Cl)cn1)[C@@H]1CCCNC1. The number of rotatable bonds is 5. The van der Waals surface area contributed by atoms with Gasteiger partial charge >= 0.3 is 0 Å². The lowest BCUT2D eigenvalue weighted by atomic mass is 9.99. The Morgan fingerprint density at radius 2 is 2.23 bits per heavy atom. The van der Waals surface area contributed by atoms with Gasteiger partial charge in [-0.3, -0.25) is 4.79 Å². The molecule has 1 amide bonds. The summed E-state index contributed by atoms with van der Waals surface area (Å²) in [5.41, 5.74) is 6.49. The van der Waals surface area contributed by atoms with Crippen molar-refractivity contribution in [2.24, 2.45) is 5.92 Å². The smallest absolute Gasteiger partial charge is 0.229 e. The molecule has 2 N–H and O–H groups in total. The van der Waals surface area contributed by atoms with Gasteiger partial charge in [0.2, 0.25) is 5.91 Å². The van der Waals surface area contributed by atoms with Crippen LogP contribution in [-0.4, -0.2) is 38.5 Å². The van der Waals surface area contributed by atoms with Crippen LogP contribution < -0.4 is 10.6 Å². The number of aromatic nitrogens is 4. The van der Waals surface area contributed by atoms with Gasteiger partial charge in [0, 0.05) is 23.7 Å². The predicted octanol–water partition coefficient (Wildman–Crippen LogP) is 4.19. The molecule has 0 saturated carbocycles. The second-order valence-electron chi connectivity index (χ2n) is 7.64. The van der Waals surface area contributed by atoms with Crippen molar-refractivity contribution in [3.05, 3.63) is 58.4 Å². The van der Waals surface area contributed by atoms with Crippen LogP contribution in [0.25, 0.3) is 22.2 Å². The van der Waals surface area contributed by atoms with Crippen molar-refractivity contribution in [2.45, 2.75) is 19.4 Å². The maximum absolute atomic E-state index is 12.6. The number of fused-ring (bicyclic) bond motifs is 1. The Morgan fingerprint density at radius 3 is 3.03 bits per heavy atom. The maximum Gasteiger partial charge on any atom is 0.229 e. The van der Waals surface area contributed by atoms with E-state index in [0.29, 0.717) is 23.9 Å². The number of nitrogens with zero attached hydrogens (tertiary/aromatic N) is 4. The van der Waals surface area contributed by atoms with Gasteiger partial charge in [-0.1, -0.05) is 17.7 Å². The molecule has 4 aromatic rings. The van der Waals surface area contributed by atoms with Gasteiger partial charge in [-0.2, -0.15) is 0 Å². The van der Waals surface area contributed by atoms with Crippen LogP contribution in [0.3, 0.4) is 0 Å². The summed E-state index contributed by atoms with van der Waals surface area (Å²) in [6.45, 7) is 2.32. The fraction of sp³-hybridized carbons (Fsp3) is 0.273. The molecule has 158 valence electrons. The Morgan fingerprint density at radius 1 is 1.29 bits per heavy atom. The Hall–Kier alpha value is -2.81. The van der Waals surface area contributed by atoms with Crippen molar-refractivity contribution in [1.29, 1.82) is 0 Å². The van der Waals surface area contributed by atoms with E-state index in [9.17, 15) is 4.79 Å². The van der Waals surface area contributed by atoms with Crippen LogP contribution in [0, 0.1) is 5.92 Å². The number of carbonyl (C=O) groups excluding carboxylic acids is 1. The van der Waals surface area contributed by atoms with E-state index in [2.05, 4.69) is 36.2 Å². The first-order chi connectivity index (χ1) is 15.2. The molecule has 1 saturated heterocycles. The minimum atomic E-state index is -0.0360. The topological polar surface area (TPSA) is 84.7 Å². The Bertz CT molecular complexity index is 1220. The number of anilines is 1. The molecule has 3 aromatic heterocycles. The van der Waals surface area contributed by atoms with Crippen LogP contribution in [0.4, 0.5) is 5.82 Å². The number of halogens is 1. The number of pyridine rings is 1. The van der Waals surface area contributed by atoms with Crippen LogP contribution in [-0.2, 0) is 11.3 Å². The van der Waals surface area contributed by atoms with Gasteiger partial charge in [-0.15, -0.1) is 11.3 Å². The lowest BCUT2D eigenvalue weighted by molar-refractivity contribution is -0.120. The third kappa shape index (κ3) is 4.32. The van der Waals surface area contributed by atoms with Crippen LogP contribution in [0.1, 0.15) is 18.5 Å². The average Bonchev–Trinajstić information content (AvgIpc) is 3.46. The van der Waals surface area contributed by atoms with Crippen LogP contribution in [0.5, 0.6) is 0 Å². The number of hydrogen-bond donors (Lipinski definition) is 2. The van der Waals surface area contributed by atoms with E-state index in [1.165, 1.54) is 0 Å². The van der Waals surface area contributed by atoms with Gasteiger partial charge < -0.3 is 15.2 Å². The largest absolute Gasteiger partial charge is 0.324 e. The zero-order valence-electron chi connectivity index (χ0n) is 16.7. The second kappa shape index (κ2) is 8.74. The molecular weight excluding hydrogens is 432 g/mol. The summed E-state index contributed by atoms with van der Waals surface area (Å²) in [5, 5.41) is 8.78. The quantitative estimate of drug-likeness (QED) is 0.474. The molecule has 1 fully saturated rings. The first kappa shape index (κ1) is 20.1. The molecular formula is C22H21ClN6OS. The van der Waals surface area contributed by atoms with Gasteiger partial charge in [-0.05, 0) is 43.1 Å². The van der Waals surface area contributed by atoms with E-state index in [-0.39, 0.29) is 11.8 Å². The summed E-state index contributed by atoms with van der Waals surface area (Å²) < 4.78 is 2.07. The molecule has 1 atom stereocenters. The van der Waals surface area contributed by atoms with Gasteiger partial charge in [0.25, 0.3) is 0 Å². The predicted molar refractivity (Wildman–Crippen MR) is 123 cm³/mol. The first-order valence-corrected chi connectivity index (χ1v) is 11.5. The molecule has 31 heavy (non-hydrogen) atoms. The van der Waals surface area contributed by atoms with E-state index in [1.807, 2.05) is 35.4 Å². The zero-order valence-corrected chi connectivity index (χ0v) is 18.3. The van der Waals surface area contributed by atoms with Crippen molar-refractivity contribution >= 4 is 45.7 Å². The van der Waals surface area contributed by atoms with Crippen molar-refractivity contribution in [3.8, 4) is 11.1 Å². The fourth-order valence-electron chi connectivity index (χ4n) is 3.87. The van der Waals surface area contributed by atoms with Crippen molar-refractivity contribution in [3.63, 3.8) is 0 Å². The van der Waals surface area contributed by atoms with Crippen LogP contribution in [0.15, 0.2) is 47.7 Å². The molecule has 1 aromatic carbocycles. The highest BCUT2D eigenvalue weighted by atomic mass is 35.5. The molecule has 0 aliphatic carbocycles. The summed E-state index contributed by atoms with van der Waals surface area (Å²) in [5.74, 6) is 0.460. The first-order valence-electron chi connectivity index (χ1n) is 10.2. The number of imidazole rings is 1. The Kier molecular flexibility index (Phi) is 5.67. The maximum atomic E-state index is 12.6. The number of nitrogens with one attached hydrogen (secondary N) is 2. The highest BCUT2D eigenvalue weighted by molar-refractivity contribution is 7.07. The molecule has 0 bridgehead atoms. The van der Waals surface area contributed by atoms with Crippen molar-refractivity contribution in [1.82, 2.24) is 24.8 Å². The van der Waals surface area contributed by atoms with Gasteiger partial charge in [0.15, 0.2) is 0 Å². The Labute approximate surface area is 188 Å². The normalized spacial score (nSPS) is 16.5. The molecule has 0 radical (unpaired) electrons. The number of amides is 1. The number of thiazole rings is 1. The van der Waals surface area contributed by atoms with E-state index in [1.54, 1.807) is 17.5 Å². The van der Waals surface area contributed by atoms with E-state index >= 15 is 0 Å². The fourth-order valence-corrected chi connectivity index (χ4v) is 4.63. The minimum absolute atomic E-state index is 0.00948. The van der Waals surface area contributed by atoms with Crippen molar-refractivity contribution < 1.29 is 4.79 Å². The molecule has 5 rings (SSSR count). The van der Waals surface area contributed by atoms with E-state index in [4.69, 9.17) is 11.6 Å². The molecule has 7 nitrogen and oxygen atoms in total. The average molecular weight is 453 g/mol. The molecule has 1 aliphatic rings. The number of carbonyl (C=O) groups is 1. The highest BCUT2D eigenvalue weighted by Gasteiger charge is 2.21. The van der Waals surface area contributed by atoms with Crippen LogP contribution >= 0.6 is 22.9 Å². The lowest BCUT2D eigenvalue weighted by Gasteiger charge is -2.21. The van der Waals surface area contributed by atoms with E-state index < -0.39 is 0 Å². The summed E-state index contributed by atoms with van der Waals surface area (Å²) in [6.07, 6.45) is 5.30. The van der Waals surface area contributed by atoms with Gasteiger partial charge in [-0.25, -0.2) is 15.0 Å². The van der Waals surface area contributed by atoms with Gasteiger partial charge in [0.05, 0.1) is 46.1 Å².